The number of piperidine rings is 1. The Morgan fingerprint density at radius 3 is 2.55 bits per heavy atom. The highest BCUT2D eigenvalue weighted by Crippen LogP contribution is 2.31. The molecule has 0 unspecified atom stereocenters. The summed E-state index contributed by atoms with van der Waals surface area (Å²) in [6.45, 7) is 2.46. The first-order valence-corrected chi connectivity index (χ1v) is 12.1. The van der Waals surface area contributed by atoms with Crippen molar-refractivity contribution < 1.29 is 17.9 Å². The Hall–Kier alpha value is -2.03. The minimum absolute atomic E-state index is 0.0616. The SMILES string of the molecule is COc1ccc(C)cc1S(=O)(=O)N1CCC(C(=O)Nc2cccc(SC)c2)CC1. The van der Waals surface area contributed by atoms with Gasteiger partial charge in [-0.3, -0.25) is 4.79 Å². The summed E-state index contributed by atoms with van der Waals surface area (Å²) in [5.41, 5.74) is 1.62. The maximum atomic E-state index is 13.1. The van der Waals surface area contributed by atoms with Crippen LogP contribution in [0, 0.1) is 12.8 Å². The standard InChI is InChI=1S/C21H26N2O4S2/c1-15-7-8-19(27-2)20(13-15)29(25,26)23-11-9-16(10-12-23)21(24)22-17-5-4-6-18(14-17)28-3/h4-8,13-14,16H,9-12H2,1-3H3,(H,22,24). The third-order valence-electron chi connectivity index (χ3n) is 5.10. The van der Waals surface area contributed by atoms with Gasteiger partial charge in [-0.15, -0.1) is 11.8 Å². The first-order valence-electron chi connectivity index (χ1n) is 9.45. The van der Waals surface area contributed by atoms with Gasteiger partial charge in [-0.05, 0) is 61.9 Å². The van der Waals surface area contributed by atoms with Crippen LogP contribution >= 0.6 is 11.8 Å². The molecule has 1 aliphatic heterocycles. The molecule has 0 atom stereocenters. The second-order valence-electron chi connectivity index (χ2n) is 7.05. The molecule has 0 bridgehead atoms. The fourth-order valence-electron chi connectivity index (χ4n) is 3.43. The number of anilines is 1. The molecular weight excluding hydrogens is 408 g/mol. The minimum Gasteiger partial charge on any atom is -0.495 e. The number of aryl methyl sites for hydroxylation is 1. The lowest BCUT2D eigenvalue weighted by molar-refractivity contribution is -0.120. The second kappa shape index (κ2) is 9.19. The fraction of sp³-hybridized carbons (Fsp3) is 0.381. The summed E-state index contributed by atoms with van der Waals surface area (Å²) in [5, 5.41) is 2.96. The number of nitrogens with zero attached hydrogens (tertiary/aromatic N) is 1. The van der Waals surface area contributed by atoms with Gasteiger partial charge in [0, 0.05) is 29.6 Å². The minimum atomic E-state index is -3.67. The zero-order valence-corrected chi connectivity index (χ0v) is 18.5. The van der Waals surface area contributed by atoms with E-state index < -0.39 is 10.0 Å². The van der Waals surface area contributed by atoms with Crippen LogP contribution in [0.25, 0.3) is 0 Å². The molecule has 1 fully saturated rings. The van der Waals surface area contributed by atoms with Gasteiger partial charge in [-0.2, -0.15) is 4.31 Å². The lowest BCUT2D eigenvalue weighted by atomic mass is 9.97. The highest BCUT2D eigenvalue weighted by Gasteiger charge is 2.33. The molecule has 0 radical (unpaired) electrons. The van der Waals surface area contributed by atoms with E-state index >= 15 is 0 Å². The first kappa shape index (κ1) is 21.7. The number of hydrogen-bond acceptors (Lipinski definition) is 5. The lowest BCUT2D eigenvalue weighted by Crippen LogP contribution is -2.41. The fourth-order valence-corrected chi connectivity index (χ4v) is 5.60. The number of amides is 1. The Morgan fingerprint density at radius 2 is 1.90 bits per heavy atom. The van der Waals surface area contributed by atoms with Crippen LogP contribution < -0.4 is 10.1 Å². The highest BCUT2D eigenvalue weighted by molar-refractivity contribution is 7.98. The van der Waals surface area contributed by atoms with Crippen molar-refractivity contribution in [2.45, 2.75) is 29.6 Å². The number of carbonyl (C=O) groups is 1. The molecule has 0 aliphatic carbocycles. The molecule has 0 spiro atoms. The zero-order valence-electron chi connectivity index (χ0n) is 16.8. The molecule has 1 N–H and O–H groups in total. The topological polar surface area (TPSA) is 75.7 Å². The van der Waals surface area contributed by atoms with Crippen molar-refractivity contribution in [1.29, 1.82) is 0 Å². The van der Waals surface area contributed by atoms with E-state index in [1.807, 2.05) is 43.5 Å². The Bertz CT molecular complexity index is 984. The van der Waals surface area contributed by atoms with E-state index in [4.69, 9.17) is 4.74 Å². The number of nitrogens with one attached hydrogen (secondary N) is 1. The summed E-state index contributed by atoms with van der Waals surface area (Å²) in [4.78, 5) is 13.9. The van der Waals surface area contributed by atoms with E-state index in [1.165, 1.54) is 11.4 Å². The van der Waals surface area contributed by atoms with Crippen molar-refractivity contribution >= 4 is 33.4 Å². The third-order valence-corrected chi connectivity index (χ3v) is 7.74. The van der Waals surface area contributed by atoms with E-state index in [9.17, 15) is 13.2 Å². The molecule has 8 heteroatoms. The largest absolute Gasteiger partial charge is 0.495 e. The second-order valence-corrected chi connectivity index (χ2v) is 9.84. The van der Waals surface area contributed by atoms with E-state index in [0.29, 0.717) is 31.7 Å². The van der Waals surface area contributed by atoms with Crippen LogP contribution in [0.3, 0.4) is 0 Å². The van der Waals surface area contributed by atoms with Crippen LogP contribution in [0.5, 0.6) is 5.75 Å². The summed E-state index contributed by atoms with van der Waals surface area (Å²) in [5.74, 6) is 0.0661. The molecule has 156 valence electrons. The van der Waals surface area contributed by atoms with Gasteiger partial charge in [-0.25, -0.2) is 8.42 Å². The molecule has 0 saturated carbocycles. The molecule has 1 heterocycles. The first-order chi connectivity index (χ1) is 13.8. The Balaban J connectivity index is 1.66. The number of thioether (sulfide) groups is 1. The number of sulfonamides is 1. The van der Waals surface area contributed by atoms with Crippen molar-refractivity contribution in [2.75, 3.05) is 31.8 Å². The van der Waals surface area contributed by atoms with Crippen molar-refractivity contribution in [3.8, 4) is 5.75 Å². The van der Waals surface area contributed by atoms with E-state index in [-0.39, 0.29) is 16.7 Å². The molecular formula is C21H26N2O4S2. The monoisotopic (exact) mass is 434 g/mol. The predicted octanol–water partition coefficient (Wildman–Crippen LogP) is 3.76. The molecule has 0 aromatic heterocycles. The van der Waals surface area contributed by atoms with Crippen molar-refractivity contribution in [2.24, 2.45) is 5.92 Å². The van der Waals surface area contributed by atoms with Gasteiger partial charge in [0.1, 0.15) is 10.6 Å². The molecule has 2 aromatic carbocycles. The third kappa shape index (κ3) is 4.94. The average Bonchev–Trinajstić information content (AvgIpc) is 2.74. The number of ether oxygens (including phenoxy) is 1. The zero-order chi connectivity index (χ0) is 21.0. The van der Waals surface area contributed by atoms with Crippen LogP contribution in [0.4, 0.5) is 5.69 Å². The molecule has 2 aromatic rings. The summed E-state index contributed by atoms with van der Waals surface area (Å²) < 4.78 is 32.9. The van der Waals surface area contributed by atoms with Crippen molar-refractivity contribution in [1.82, 2.24) is 4.31 Å². The van der Waals surface area contributed by atoms with Gasteiger partial charge in [0.05, 0.1) is 7.11 Å². The van der Waals surface area contributed by atoms with Crippen LogP contribution in [-0.2, 0) is 14.8 Å². The van der Waals surface area contributed by atoms with Crippen molar-refractivity contribution in [3.05, 3.63) is 48.0 Å². The molecule has 6 nitrogen and oxygen atoms in total. The summed E-state index contributed by atoms with van der Waals surface area (Å²) in [7, 11) is -2.21. The average molecular weight is 435 g/mol. The van der Waals surface area contributed by atoms with E-state index in [2.05, 4.69) is 5.32 Å². The molecule has 1 aliphatic rings. The van der Waals surface area contributed by atoms with Gasteiger partial charge >= 0.3 is 0 Å². The van der Waals surface area contributed by atoms with Gasteiger partial charge in [0.25, 0.3) is 0 Å². The number of carbonyl (C=O) groups excluding carboxylic acids is 1. The Labute approximate surface area is 176 Å². The smallest absolute Gasteiger partial charge is 0.246 e. The summed E-state index contributed by atoms with van der Waals surface area (Å²) in [6.07, 6.45) is 2.96. The van der Waals surface area contributed by atoms with Crippen LogP contribution in [0.2, 0.25) is 0 Å². The number of rotatable bonds is 6. The predicted molar refractivity (Wildman–Crippen MR) is 116 cm³/mol. The molecule has 29 heavy (non-hydrogen) atoms. The van der Waals surface area contributed by atoms with Crippen LogP contribution in [0.1, 0.15) is 18.4 Å². The van der Waals surface area contributed by atoms with Crippen molar-refractivity contribution in [3.63, 3.8) is 0 Å². The Morgan fingerprint density at radius 1 is 1.17 bits per heavy atom. The lowest BCUT2D eigenvalue weighted by Gasteiger charge is -2.31. The quantitative estimate of drug-likeness (QED) is 0.701. The van der Waals surface area contributed by atoms with Gasteiger partial charge in [0.15, 0.2) is 0 Å². The molecule has 1 saturated heterocycles. The Kier molecular flexibility index (Phi) is 6.87. The summed E-state index contributed by atoms with van der Waals surface area (Å²) >= 11 is 1.62. The number of hydrogen-bond donors (Lipinski definition) is 1. The van der Waals surface area contributed by atoms with Crippen LogP contribution in [-0.4, -0.2) is 45.1 Å². The molecule has 3 rings (SSSR count). The van der Waals surface area contributed by atoms with E-state index in [0.717, 1.165) is 16.1 Å². The van der Waals surface area contributed by atoms with Gasteiger partial charge in [0.2, 0.25) is 15.9 Å². The normalized spacial score (nSPS) is 15.8. The maximum Gasteiger partial charge on any atom is 0.246 e. The number of methoxy groups -OCH3 is 1. The van der Waals surface area contributed by atoms with Gasteiger partial charge in [-0.1, -0.05) is 12.1 Å². The molecule has 1 amide bonds. The maximum absolute atomic E-state index is 13.1. The highest BCUT2D eigenvalue weighted by atomic mass is 32.2. The van der Waals surface area contributed by atoms with E-state index in [1.54, 1.807) is 23.9 Å². The van der Waals surface area contributed by atoms with Crippen LogP contribution in [0.15, 0.2) is 52.3 Å². The number of benzene rings is 2. The summed E-state index contributed by atoms with van der Waals surface area (Å²) in [6, 6.07) is 12.8. The van der Waals surface area contributed by atoms with Gasteiger partial charge < -0.3 is 10.1 Å².